The Morgan fingerprint density at radius 1 is 1.08 bits per heavy atom. The molecule has 1 aromatic carbocycles. The first-order valence-corrected chi connectivity index (χ1v) is 15.2. The Morgan fingerprint density at radius 2 is 1.73 bits per heavy atom. The summed E-state index contributed by atoms with van der Waals surface area (Å²) >= 11 is 0. The van der Waals surface area contributed by atoms with Gasteiger partial charge in [-0.05, 0) is 62.8 Å². The van der Waals surface area contributed by atoms with Crippen LogP contribution in [0.2, 0.25) is 0 Å². The van der Waals surface area contributed by atoms with Crippen molar-refractivity contribution in [3.05, 3.63) is 106 Å². The lowest BCUT2D eigenvalue weighted by Crippen LogP contribution is -2.40. The first-order chi connectivity index (χ1) is 22.5. The molecule has 0 radical (unpaired) electrons. The molecule has 260 valence electrons. The van der Waals surface area contributed by atoms with Crippen molar-refractivity contribution in [1.29, 1.82) is 0 Å². The fourth-order valence-corrected chi connectivity index (χ4v) is 5.50. The molecule has 0 bridgehead atoms. The number of rotatable bonds is 11. The van der Waals surface area contributed by atoms with Gasteiger partial charge in [-0.15, -0.1) is 0 Å². The lowest BCUT2D eigenvalue weighted by atomic mass is 9.91. The van der Waals surface area contributed by atoms with E-state index < -0.39 is 65.5 Å². The normalized spacial score (nSPS) is 23.3. The number of benzene rings is 1. The number of ether oxygens (including phenoxy) is 1. The summed E-state index contributed by atoms with van der Waals surface area (Å²) in [6.07, 6.45) is -1.76. The Balaban J connectivity index is 1.71. The molecule has 2 fully saturated rings. The maximum absolute atomic E-state index is 15.6. The molecule has 48 heavy (non-hydrogen) atoms. The number of nitrogens with two attached hydrogens (primary N) is 1. The van der Waals surface area contributed by atoms with E-state index in [2.05, 4.69) is 11.6 Å². The lowest BCUT2D eigenvalue weighted by Gasteiger charge is -2.30. The van der Waals surface area contributed by atoms with E-state index >= 15 is 4.39 Å². The van der Waals surface area contributed by atoms with E-state index in [-0.39, 0.29) is 35.5 Å². The average Bonchev–Trinajstić information content (AvgIpc) is 3.25. The van der Waals surface area contributed by atoms with Crippen molar-refractivity contribution in [2.45, 2.75) is 57.6 Å². The zero-order valence-corrected chi connectivity index (χ0v) is 26.3. The summed E-state index contributed by atoms with van der Waals surface area (Å²) in [4.78, 5) is 20.8. The highest BCUT2D eigenvalue weighted by atomic mass is 19.4. The average molecular weight is 685 g/mol. The van der Waals surface area contributed by atoms with Crippen molar-refractivity contribution in [2.24, 2.45) is 16.6 Å². The van der Waals surface area contributed by atoms with E-state index in [1.165, 1.54) is 13.0 Å². The second-order valence-corrected chi connectivity index (χ2v) is 11.9. The van der Waals surface area contributed by atoms with Gasteiger partial charge in [-0.2, -0.15) is 26.3 Å². The van der Waals surface area contributed by atoms with Crippen molar-refractivity contribution >= 4 is 11.8 Å². The van der Waals surface area contributed by atoms with Crippen LogP contribution >= 0.6 is 0 Å². The van der Waals surface area contributed by atoms with Crippen LogP contribution in [0.5, 0.6) is 0 Å². The van der Waals surface area contributed by atoms with Gasteiger partial charge in [-0.25, -0.2) is 13.6 Å². The second-order valence-electron chi connectivity index (χ2n) is 11.9. The molecule has 4 rings (SSSR count). The number of nitrogens with zero attached hydrogens (tertiary/aromatic N) is 3. The minimum absolute atomic E-state index is 0.00558. The smallest absolute Gasteiger partial charge is 0.416 e. The van der Waals surface area contributed by atoms with E-state index in [9.17, 15) is 35.5 Å². The van der Waals surface area contributed by atoms with E-state index in [0.29, 0.717) is 31.1 Å². The Hall–Kier alpha value is -4.20. The number of aliphatic imine (C=N–C) groups is 1. The van der Waals surface area contributed by atoms with Crippen molar-refractivity contribution in [2.75, 3.05) is 26.3 Å². The van der Waals surface area contributed by atoms with Crippen molar-refractivity contribution < 1.29 is 44.7 Å². The molecule has 1 aromatic rings. The van der Waals surface area contributed by atoms with E-state index in [0.717, 1.165) is 36.2 Å². The standard InChI is InChI=1S/C34H36F8N4O2/c1-20-5-7-23(8-6-20)9-10-27(29(36)13-21(2)35)28(17-43)30(44-19-45-11-4-12-45)18-46-22(3)31(48-32(46)47)24-14-25(33(37,38)39)16-26(15-24)34(40,41)42/h5-7,10,13-17,22-23,31H,2,4,8-9,11-12,18-19,43H2,1,3H3/b27-10-,28-17-,29-13+,44-30-. The molecule has 0 spiro atoms. The molecule has 1 amide bonds. The van der Waals surface area contributed by atoms with E-state index in [4.69, 9.17) is 10.5 Å². The maximum atomic E-state index is 15.6. The summed E-state index contributed by atoms with van der Waals surface area (Å²) in [6.45, 7) is 7.61. The van der Waals surface area contributed by atoms with Crippen LogP contribution in [0.3, 0.4) is 0 Å². The molecular formula is C34H36F8N4O2. The molecule has 2 aliphatic heterocycles. The summed E-state index contributed by atoms with van der Waals surface area (Å²) in [5, 5.41) is 0. The first kappa shape index (κ1) is 36.6. The third-order valence-corrected chi connectivity index (χ3v) is 8.37. The molecule has 14 heteroatoms. The lowest BCUT2D eigenvalue weighted by molar-refractivity contribution is -0.143. The van der Waals surface area contributed by atoms with Gasteiger partial charge in [0, 0.05) is 36.5 Å². The number of carbonyl (C=O) groups excluding carboxylic acids is 1. The van der Waals surface area contributed by atoms with Crippen LogP contribution in [0.15, 0.2) is 94.7 Å². The van der Waals surface area contributed by atoms with E-state index in [1.54, 1.807) is 0 Å². The number of amides is 1. The van der Waals surface area contributed by atoms with Gasteiger partial charge in [0.05, 0.1) is 36.1 Å². The summed E-state index contributed by atoms with van der Waals surface area (Å²) in [6, 6.07) is -0.0719. The zero-order chi connectivity index (χ0) is 35.4. The Morgan fingerprint density at radius 3 is 2.23 bits per heavy atom. The number of hydrogen-bond acceptors (Lipinski definition) is 5. The minimum atomic E-state index is -5.10. The van der Waals surface area contributed by atoms with Gasteiger partial charge in [-0.3, -0.25) is 14.8 Å². The zero-order valence-electron chi connectivity index (χ0n) is 26.3. The third kappa shape index (κ3) is 9.03. The summed E-state index contributed by atoms with van der Waals surface area (Å²) in [7, 11) is 0. The highest BCUT2D eigenvalue weighted by molar-refractivity contribution is 6.07. The molecule has 3 aliphatic rings. The number of allylic oxidation sites excluding steroid dienone is 9. The summed E-state index contributed by atoms with van der Waals surface area (Å²) in [5.74, 6) is -2.08. The molecule has 1 aliphatic carbocycles. The molecule has 6 nitrogen and oxygen atoms in total. The number of carbonyl (C=O) groups is 1. The molecule has 0 aromatic heterocycles. The minimum Gasteiger partial charge on any atom is -0.439 e. The van der Waals surface area contributed by atoms with Crippen LogP contribution < -0.4 is 5.73 Å². The molecule has 2 saturated heterocycles. The van der Waals surface area contributed by atoms with Crippen molar-refractivity contribution in [3.8, 4) is 0 Å². The van der Waals surface area contributed by atoms with Gasteiger partial charge < -0.3 is 10.5 Å². The van der Waals surface area contributed by atoms with Gasteiger partial charge >= 0.3 is 18.4 Å². The largest absolute Gasteiger partial charge is 0.439 e. The molecule has 2 N–H and O–H groups in total. The Labute approximate surface area is 273 Å². The van der Waals surface area contributed by atoms with E-state index in [1.807, 2.05) is 30.1 Å². The van der Waals surface area contributed by atoms with Gasteiger partial charge in [0.2, 0.25) is 0 Å². The maximum Gasteiger partial charge on any atom is 0.416 e. The summed E-state index contributed by atoms with van der Waals surface area (Å²) in [5.41, 5.74) is 3.45. The van der Waals surface area contributed by atoms with Gasteiger partial charge in [0.1, 0.15) is 17.8 Å². The molecule has 0 saturated carbocycles. The highest BCUT2D eigenvalue weighted by Crippen LogP contribution is 2.41. The SMILES string of the molecule is C=C(F)\C=C(F)/C(=C\CC1C=CC(C)=CC1)C(=C/N)/C(CN1C(=O)OC(c2cc(C(F)(F)F)cc(C(F)(F)F)c2)C1C)=N\CN1CCC1. The Bertz CT molecular complexity index is 1550. The van der Waals surface area contributed by atoms with Crippen LogP contribution in [0.1, 0.15) is 55.9 Å². The number of halogens is 8. The molecule has 2 heterocycles. The van der Waals surface area contributed by atoms with Crippen LogP contribution in [0.4, 0.5) is 39.9 Å². The number of alkyl halides is 6. The number of likely N-dealkylation sites (tertiary alicyclic amines) is 1. The Kier molecular flexibility index (Phi) is 11.4. The van der Waals surface area contributed by atoms with Crippen LogP contribution in [-0.4, -0.2) is 53.9 Å². The fourth-order valence-electron chi connectivity index (χ4n) is 5.50. The van der Waals surface area contributed by atoms with Crippen molar-refractivity contribution in [1.82, 2.24) is 9.80 Å². The first-order valence-electron chi connectivity index (χ1n) is 15.2. The van der Waals surface area contributed by atoms with Crippen LogP contribution in [0, 0.1) is 5.92 Å². The fraction of sp³-hybridized carbons (Fsp3) is 0.412. The predicted molar refractivity (Wildman–Crippen MR) is 166 cm³/mol. The van der Waals surface area contributed by atoms with Crippen LogP contribution in [-0.2, 0) is 17.1 Å². The quantitative estimate of drug-likeness (QED) is 0.144. The monoisotopic (exact) mass is 684 g/mol. The number of hydrogen-bond donors (Lipinski definition) is 1. The summed E-state index contributed by atoms with van der Waals surface area (Å²) < 4.78 is 116. The molecule has 3 unspecified atom stereocenters. The van der Waals surface area contributed by atoms with Crippen molar-refractivity contribution in [3.63, 3.8) is 0 Å². The van der Waals surface area contributed by atoms with Gasteiger partial charge in [0.25, 0.3) is 0 Å². The predicted octanol–water partition coefficient (Wildman–Crippen LogP) is 8.73. The molecular weight excluding hydrogens is 648 g/mol. The highest BCUT2D eigenvalue weighted by Gasteiger charge is 2.44. The van der Waals surface area contributed by atoms with Gasteiger partial charge in [0.15, 0.2) is 0 Å². The second kappa shape index (κ2) is 14.9. The number of cyclic esters (lactones) is 1. The molecule has 3 atom stereocenters. The topological polar surface area (TPSA) is 71.2 Å². The van der Waals surface area contributed by atoms with Gasteiger partial charge in [-0.1, -0.05) is 36.5 Å². The third-order valence-electron chi connectivity index (χ3n) is 8.37. The van der Waals surface area contributed by atoms with Crippen LogP contribution in [0.25, 0.3) is 0 Å².